The van der Waals surface area contributed by atoms with E-state index in [4.69, 9.17) is 11.6 Å². The van der Waals surface area contributed by atoms with E-state index in [-0.39, 0.29) is 0 Å². The first kappa shape index (κ1) is 10.9. The van der Waals surface area contributed by atoms with Crippen molar-refractivity contribution in [3.8, 4) is 0 Å². The largest absolute Gasteiger partial charge is 0.389 e. The van der Waals surface area contributed by atoms with Gasteiger partial charge in [-0.25, -0.2) is 0 Å². The number of hydrogen-bond acceptors (Lipinski definition) is 2. The summed E-state index contributed by atoms with van der Waals surface area (Å²) in [6, 6.07) is 7.74. The van der Waals surface area contributed by atoms with Gasteiger partial charge in [-0.1, -0.05) is 23.7 Å². The third-order valence-corrected chi connectivity index (χ3v) is 3.19. The second-order valence-electron chi connectivity index (χ2n) is 4.28. The van der Waals surface area contributed by atoms with Crippen molar-refractivity contribution in [2.45, 2.75) is 24.9 Å². The molecule has 2 N–H and O–H groups in total. The fourth-order valence-corrected chi connectivity index (χ4v) is 2.31. The molecule has 0 aliphatic carbocycles. The van der Waals surface area contributed by atoms with E-state index in [1.54, 1.807) is 0 Å². The first-order valence-corrected chi connectivity index (χ1v) is 5.73. The molecular formula is C12H16ClNO. The summed E-state index contributed by atoms with van der Waals surface area (Å²) in [5.41, 5.74) is 0.572. The Labute approximate surface area is 95.3 Å². The van der Waals surface area contributed by atoms with Gasteiger partial charge in [0.15, 0.2) is 0 Å². The molecule has 0 saturated carbocycles. The Hall–Kier alpha value is -0.570. The molecule has 3 heteroatoms. The maximum Gasteiger partial charge on any atom is 0.0712 e. The van der Waals surface area contributed by atoms with Crippen LogP contribution >= 0.6 is 11.6 Å². The molecule has 0 radical (unpaired) electrons. The van der Waals surface area contributed by atoms with E-state index in [9.17, 15) is 5.11 Å². The van der Waals surface area contributed by atoms with E-state index in [1.807, 2.05) is 24.3 Å². The number of piperidine rings is 1. The van der Waals surface area contributed by atoms with Crippen molar-refractivity contribution in [2.75, 3.05) is 13.1 Å². The summed E-state index contributed by atoms with van der Waals surface area (Å²) in [6.07, 6.45) is 2.34. The van der Waals surface area contributed by atoms with Crippen LogP contribution in [0.4, 0.5) is 0 Å². The number of halogens is 1. The topological polar surface area (TPSA) is 32.3 Å². The molecule has 1 aromatic rings. The molecule has 1 heterocycles. The van der Waals surface area contributed by atoms with Gasteiger partial charge in [-0.3, -0.25) is 0 Å². The van der Waals surface area contributed by atoms with Gasteiger partial charge >= 0.3 is 0 Å². The van der Waals surface area contributed by atoms with Crippen molar-refractivity contribution >= 4 is 11.6 Å². The van der Waals surface area contributed by atoms with Gasteiger partial charge < -0.3 is 10.4 Å². The predicted molar refractivity (Wildman–Crippen MR) is 62.2 cm³/mol. The average molecular weight is 226 g/mol. The summed E-state index contributed by atoms with van der Waals surface area (Å²) < 4.78 is 0. The molecule has 2 rings (SSSR count). The maximum atomic E-state index is 10.3. The van der Waals surface area contributed by atoms with Gasteiger partial charge in [-0.15, -0.1) is 0 Å². The lowest BCUT2D eigenvalue weighted by atomic mass is 9.86. The fourth-order valence-electron chi connectivity index (χ4n) is 2.10. The van der Waals surface area contributed by atoms with Crippen LogP contribution in [-0.4, -0.2) is 23.8 Å². The Balaban J connectivity index is 2.06. The van der Waals surface area contributed by atoms with E-state index >= 15 is 0 Å². The van der Waals surface area contributed by atoms with Crippen LogP contribution in [-0.2, 0) is 6.42 Å². The quantitative estimate of drug-likeness (QED) is 0.807. The Morgan fingerprint density at radius 1 is 1.33 bits per heavy atom. The SMILES string of the molecule is OC1(Cc2cccc(Cl)c2)CCNCC1. The lowest BCUT2D eigenvalue weighted by Gasteiger charge is -2.32. The van der Waals surface area contributed by atoms with E-state index in [0.29, 0.717) is 6.42 Å². The summed E-state index contributed by atoms with van der Waals surface area (Å²) in [4.78, 5) is 0. The molecule has 1 saturated heterocycles. The fraction of sp³-hybridized carbons (Fsp3) is 0.500. The van der Waals surface area contributed by atoms with E-state index in [1.165, 1.54) is 0 Å². The maximum absolute atomic E-state index is 10.3. The van der Waals surface area contributed by atoms with Gasteiger partial charge in [0.05, 0.1) is 5.60 Å². The smallest absolute Gasteiger partial charge is 0.0712 e. The van der Waals surface area contributed by atoms with Crippen LogP contribution in [0.2, 0.25) is 5.02 Å². The molecule has 0 bridgehead atoms. The highest BCUT2D eigenvalue weighted by Crippen LogP contribution is 2.24. The van der Waals surface area contributed by atoms with Crippen molar-refractivity contribution in [3.63, 3.8) is 0 Å². The van der Waals surface area contributed by atoms with E-state index < -0.39 is 5.60 Å². The number of nitrogens with one attached hydrogen (secondary N) is 1. The second-order valence-corrected chi connectivity index (χ2v) is 4.72. The van der Waals surface area contributed by atoms with Crippen LogP contribution < -0.4 is 5.32 Å². The predicted octanol–water partition coefficient (Wildman–Crippen LogP) is 2.00. The summed E-state index contributed by atoms with van der Waals surface area (Å²) >= 11 is 5.91. The zero-order valence-electron chi connectivity index (χ0n) is 8.67. The molecule has 1 aromatic carbocycles. The van der Waals surface area contributed by atoms with Crippen LogP contribution in [0.15, 0.2) is 24.3 Å². The third-order valence-electron chi connectivity index (χ3n) is 2.96. The van der Waals surface area contributed by atoms with Crippen molar-refractivity contribution in [1.29, 1.82) is 0 Å². The Morgan fingerprint density at radius 3 is 2.73 bits per heavy atom. The highest BCUT2D eigenvalue weighted by atomic mass is 35.5. The highest BCUT2D eigenvalue weighted by molar-refractivity contribution is 6.30. The van der Waals surface area contributed by atoms with Gasteiger partial charge in [0.25, 0.3) is 0 Å². The van der Waals surface area contributed by atoms with Gasteiger partial charge in [-0.2, -0.15) is 0 Å². The van der Waals surface area contributed by atoms with Gasteiger partial charge in [0, 0.05) is 11.4 Å². The Morgan fingerprint density at radius 2 is 2.07 bits per heavy atom. The highest BCUT2D eigenvalue weighted by Gasteiger charge is 2.29. The molecule has 1 fully saturated rings. The van der Waals surface area contributed by atoms with Crippen molar-refractivity contribution in [2.24, 2.45) is 0 Å². The average Bonchev–Trinajstić information content (AvgIpc) is 2.18. The second kappa shape index (κ2) is 4.52. The van der Waals surface area contributed by atoms with Crippen molar-refractivity contribution in [3.05, 3.63) is 34.9 Å². The first-order valence-electron chi connectivity index (χ1n) is 5.36. The molecular weight excluding hydrogens is 210 g/mol. The summed E-state index contributed by atoms with van der Waals surface area (Å²) in [5, 5.41) is 14.3. The number of aliphatic hydroxyl groups is 1. The molecule has 1 aliphatic rings. The zero-order valence-corrected chi connectivity index (χ0v) is 9.43. The van der Waals surface area contributed by atoms with Crippen LogP contribution in [0.5, 0.6) is 0 Å². The Bertz CT molecular complexity index is 334. The Kier molecular flexibility index (Phi) is 3.29. The molecule has 2 nitrogen and oxygen atoms in total. The van der Waals surface area contributed by atoms with Crippen LogP contribution in [0.25, 0.3) is 0 Å². The zero-order chi connectivity index (χ0) is 10.7. The van der Waals surface area contributed by atoms with E-state index in [0.717, 1.165) is 36.5 Å². The molecule has 15 heavy (non-hydrogen) atoms. The lowest BCUT2D eigenvalue weighted by Crippen LogP contribution is -2.43. The molecule has 1 aliphatic heterocycles. The summed E-state index contributed by atoms with van der Waals surface area (Å²) in [5.74, 6) is 0. The van der Waals surface area contributed by atoms with Crippen LogP contribution in [0.3, 0.4) is 0 Å². The third kappa shape index (κ3) is 2.94. The number of benzene rings is 1. The molecule has 82 valence electrons. The molecule has 0 amide bonds. The monoisotopic (exact) mass is 225 g/mol. The van der Waals surface area contributed by atoms with Gasteiger partial charge in [0.1, 0.15) is 0 Å². The molecule has 0 aromatic heterocycles. The number of rotatable bonds is 2. The van der Waals surface area contributed by atoms with Crippen molar-refractivity contribution in [1.82, 2.24) is 5.32 Å². The summed E-state index contributed by atoms with van der Waals surface area (Å²) in [7, 11) is 0. The standard InChI is InChI=1S/C12H16ClNO/c13-11-3-1-2-10(8-11)9-12(15)4-6-14-7-5-12/h1-3,8,14-15H,4-7,9H2. The first-order chi connectivity index (χ1) is 7.18. The van der Waals surface area contributed by atoms with Crippen LogP contribution in [0.1, 0.15) is 18.4 Å². The molecule has 0 unspecified atom stereocenters. The lowest BCUT2D eigenvalue weighted by molar-refractivity contribution is 0.0109. The van der Waals surface area contributed by atoms with E-state index in [2.05, 4.69) is 5.32 Å². The van der Waals surface area contributed by atoms with Crippen molar-refractivity contribution < 1.29 is 5.11 Å². The minimum absolute atomic E-state index is 0.546. The number of hydrogen-bond donors (Lipinski definition) is 2. The molecule has 0 spiro atoms. The normalized spacial score (nSPS) is 20.1. The minimum atomic E-state index is -0.546. The van der Waals surface area contributed by atoms with Gasteiger partial charge in [-0.05, 0) is 43.6 Å². The molecule has 0 atom stereocenters. The summed E-state index contributed by atoms with van der Waals surface area (Å²) in [6.45, 7) is 1.80. The van der Waals surface area contributed by atoms with Gasteiger partial charge in [0.2, 0.25) is 0 Å². The minimum Gasteiger partial charge on any atom is -0.389 e. The van der Waals surface area contributed by atoms with Crippen LogP contribution in [0, 0.1) is 0 Å².